The van der Waals surface area contributed by atoms with Gasteiger partial charge in [-0.3, -0.25) is 4.90 Å². The second-order valence-electron chi connectivity index (χ2n) is 5.35. The molecule has 2 atom stereocenters. The molecule has 2 fully saturated rings. The molecule has 0 bridgehead atoms. The Morgan fingerprint density at radius 3 is 2.56 bits per heavy atom. The Hall–Kier alpha value is -1.13. The average Bonchev–Trinajstić information content (AvgIpc) is 2.40. The summed E-state index contributed by atoms with van der Waals surface area (Å²) in [6, 6.07) is 6.88. The first kappa shape index (κ1) is 11.9. The van der Waals surface area contributed by atoms with E-state index in [-0.39, 0.29) is 0 Å². The summed E-state index contributed by atoms with van der Waals surface area (Å²) in [5.41, 5.74) is 5.80. The summed E-state index contributed by atoms with van der Waals surface area (Å²) in [6.45, 7) is 5.33. The molecule has 1 saturated heterocycles. The minimum absolute atomic E-state index is 0.742. The molecule has 1 aliphatic heterocycles. The monoisotopic (exact) mass is 246 g/mol. The molecule has 0 amide bonds. The van der Waals surface area contributed by atoms with Gasteiger partial charge in [-0.15, -0.1) is 0 Å². The molecule has 2 aliphatic rings. The zero-order valence-electron chi connectivity index (χ0n) is 10.8. The lowest BCUT2D eigenvalue weighted by molar-refractivity contribution is 0.0618. The zero-order chi connectivity index (χ0) is 12.4. The van der Waals surface area contributed by atoms with E-state index in [0.717, 1.165) is 50.5 Å². The van der Waals surface area contributed by atoms with Gasteiger partial charge >= 0.3 is 0 Å². The van der Waals surface area contributed by atoms with E-state index in [1.165, 1.54) is 12.8 Å². The highest BCUT2D eigenvalue weighted by Crippen LogP contribution is 2.32. The number of nitrogens with two attached hydrogens (primary N) is 1. The van der Waals surface area contributed by atoms with E-state index in [2.05, 4.69) is 26.9 Å². The molecule has 2 heterocycles. The molecule has 3 rings (SSSR count). The maximum atomic E-state index is 5.80. The molecule has 0 radical (unpaired) electrons. The molecule has 2 N–H and O–H groups in total. The van der Waals surface area contributed by atoms with Crippen molar-refractivity contribution < 1.29 is 0 Å². The van der Waals surface area contributed by atoms with E-state index < -0.39 is 0 Å². The van der Waals surface area contributed by atoms with Crippen LogP contribution in [0.5, 0.6) is 0 Å². The first-order valence-electron chi connectivity index (χ1n) is 6.98. The number of nitrogens with zero attached hydrogens (tertiary/aromatic N) is 3. The second-order valence-corrected chi connectivity index (χ2v) is 5.35. The van der Waals surface area contributed by atoms with Crippen molar-refractivity contribution in [1.29, 1.82) is 0 Å². The zero-order valence-corrected chi connectivity index (χ0v) is 10.8. The van der Waals surface area contributed by atoms with E-state index in [1.54, 1.807) is 0 Å². The lowest BCUT2D eigenvalue weighted by Crippen LogP contribution is -2.56. The molecule has 98 valence electrons. The number of aromatic nitrogens is 1. The van der Waals surface area contributed by atoms with Crippen LogP contribution in [0.1, 0.15) is 12.8 Å². The minimum Gasteiger partial charge on any atom is -0.354 e. The summed E-state index contributed by atoms with van der Waals surface area (Å²) >= 11 is 0. The largest absolute Gasteiger partial charge is 0.354 e. The third kappa shape index (κ3) is 2.22. The van der Waals surface area contributed by atoms with Crippen LogP contribution in [0.4, 0.5) is 5.82 Å². The Bertz CT molecular complexity index is 371. The number of pyridine rings is 1. The van der Waals surface area contributed by atoms with Crippen LogP contribution >= 0.6 is 0 Å². The second kappa shape index (κ2) is 5.24. The maximum Gasteiger partial charge on any atom is 0.128 e. The van der Waals surface area contributed by atoms with Gasteiger partial charge in [-0.1, -0.05) is 6.07 Å². The van der Waals surface area contributed by atoms with Gasteiger partial charge in [0.15, 0.2) is 0 Å². The number of hydrogen-bond donors (Lipinski definition) is 1. The smallest absolute Gasteiger partial charge is 0.128 e. The van der Waals surface area contributed by atoms with E-state index in [4.69, 9.17) is 5.73 Å². The van der Waals surface area contributed by atoms with Gasteiger partial charge in [0.1, 0.15) is 5.82 Å². The quantitative estimate of drug-likeness (QED) is 0.862. The summed E-state index contributed by atoms with van der Waals surface area (Å²) in [5, 5.41) is 0. The number of anilines is 1. The van der Waals surface area contributed by atoms with Gasteiger partial charge in [-0.25, -0.2) is 4.98 Å². The molecule has 0 spiro atoms. The lowest BCUT2D eigenvalue weighted by Gasteiger charge is -2.47. The van der Waals surface area contributed by atoms with Crippen LogP contribution in [0, 0.1) is 5.92 Å². The Morgan fingerprint density at radius 1 is 1.17 bits per heavy atom. The number of rotatable bonds is 3. The fourth-order valence-electron chi connectivity index (χ4n) is 3.13. The van der Waals surface area contributed by atoms with Gasteiger partial charge < -0.3 is 10.6 Å². The van der Waals surface area contributed by atoms with Crippen molar-refractivity contribution in [3.63, 3.8) is 0 Å². The SMILES string of the molecule is NCC1CCC1N1CCN(c2ccccn2)CC1. The first-order valence-corrected chi connectivity index (χ1v) is 6.98. The third-order valence-corrected chi connectivity index (χ3v) is 4.44. The van der Waals surface area contributed by atoms with Crippen molar-refractivity contribution in [2.45, 2.75) is 18.9 Å². The molecular formula is C14H22N4. The maximum absolute atomic E-state index is 5.80. The number of hydrogen-bond acceptors (Lipinski definition) is 4. The highest BCUT2D eigenvalue weighted by atomic mass is 15.3. The summed E-state index contributed by atoms with van der Waals surface area (Å²) in [4.78, 5) is 9.43. The number of piperazine rings is 1. The third-order valence-electron chi connectivity index (χ3n) is 4.44. The molecule has 4 heteroatoms. The highest BCUT2D eigenvalue weighted by Gasteiger charge is 2.35. The first-order chi connectivity index (χ1) is 8.88. The lowest BCUT2D eigenvalue weighted by atomic mass is 9.78. The predicted octanol–water partition coefficient (Wildman–Crippen LogP) is 0.941. The van der Waals surface area contributed by atoms with E-state index in [1.807, 2.05) is 12.3 Å². The van der Waals surface area contributed by atoms with E-state index >= 15 is 0 Å². The fourth-order valence-corrected chi connectivity index (χ4v) is 3.13. The topological polar surface area (TPSA) is 45.4 Å². The van der Waals surface area contributed by atoms with Crippen molar-refractivity contribution in [3.05, 3.63) is 24.4 Å². The molecule has 18 heavy (non-hydrogen) atoms. The van der Waals surface area contributed by atoms with Gasteiger partial charge in [0.05, 0.1) is 0 Å². The normalized spacial score (nSPS) is 29.1. The molecule has 0 aromatic carbocycles. The van der Waals surface area contributed by atoms with Crippen molar-refractivity contribution >= 4 is 5.82 Å². The Morgan fingerprint density at radius 2 is 2.00 bits per heavy atom. The summed E-state index contributed by atoms with van der Waals surface area (Å²) in [7, 11) is 0. The van der Waals surface area contributed by atoms with E-state index in [9.17, 15) is 0 Å². The van der Waals surface area contributed by atoms with Crippen LogP contribution in [0.3, 0.4) is 0 Å². The minimum atomic E-state index is 0.742. The molecule has 1 aliphatic carbocycles. The van der Waals surface area contributed by atoms with Crippen molar-refractivity contribution in [2.75, 3.05) is 37.6 Å². The van der Waals surface area contributed by atoms with E-state index in [0.29, 0.717) is 0 Å². The standard InChI is InChI=1S/C14H22N4/c15-11-12-4-5-13(12)17-7-9-18(10-8-17)14-3-1-2-6-16-14/h1-3,6,12-13H,4-5,7-11,15H2. The molecule has 2 unspecified atom stereocenters. The molecule has 4 nitrogen and oxygen atoms in total. The van der Waals surface area contributed by atoms with Gasteiger partial charge in [-0.05, 0) is 37.4 Å². The summed E-state index contributed by atoms with van der Waals surface area (Å²) < 4.78 is 0. The van der Waals surface area contributed by atoms with Crippen LogP contribution in [0.15, 0.2) is 24.4 Å². The van der Waals surface area contributed by atoms with Gasteiger partial charge in [0, 0.05) is 38.4 Å². The summed E-state index contributed by atoms with van der Waals surface area (Å²) in [6.07, 6.45) is 4.53. The van der Waals surface area contributed by atoms with Crippen molar-refractivity contribution in [3.8, 4) is 0 Å². The Kier molecular flexibility index (Phi) is 3.48. The van der Waals surface area contributed by atoms with Crippen LogP contribution in [-0.4, -0.2) is 48.6 Å². The fraction of sp³-hybridized carbons (Fsp3) is 0.643. The van der Waals surface area contributed by atoms with Gasteiger partial charge in [0.2, 0.25) is 0 Å². The van der Waals surface area contributed by atoms with Gasteiger partial charge in [-0.2, -0.15) is 0 Å². The Balaban J connectivity index is 1.55. The predicted molar refractivity (Wildman–Crippen MR) is 73.6 cm³/mol. The van der Waals surface area contributed by atoms with Crippen molar-refractivity contribution in [1.82, 2.24) is 9.88 Å². The molecule has 1 saturated carbocycles. The summed E-state index contributed by atoms with van der Waals surface area (Å²) in [5.74, 6) is 1.85. The average molecular weight is 246 g/mol. The highest BCUT2D eigenvalue weighted by molar-refractivity contribution is 5.38. The van der Waals surface area contributed by atoms with Crippen LogP contribution in [0.25, 0.3) is 0 Å². The van der Waals surface area contributed by atoms with Crippen LogP contribution < -0.4 is 10.6 Å². The van der Waals surface area contributed by atoms with Gasteiger partial charge in [0.25, 0.3) is 0 Å². The molecule has 1 aromatic rings. The van der Waals surface area contributed by atoms with Crippen LogP contribution in [-0.2, 0) is 0 Å². The molecular weight excluding hydrogens is 224 g/mol. The Labute approximate surface area is 109 Å². The van der Waals surface area contributed by atoms with Crippen LogP contribution in [0.2, 0.25) is 0 Å². The molecule has 1 aromatic heterocycles. The van der Waals surface area contributed by atoms with Crippen molar-refractivity contribution in [2.24, 2.45) is 11.7 Å².